The molecule has 1 nitrogen and oxygen atoms in total. The van der Waals surface area contributed by atoms with Crippen LogP contribution in [0, 0.1) is 0 Å². The number of hydrogen-bond donors (Lipinski definition) is 0. The maximum absolute atomic E-state index is 5.74. The van der Waals surface area contributed by atoms with Gasteiger partial charge < -0.3 is 4.74 Å². The van der Waals surface area contributed by atoms with Crippen molar-refractivity contribution in [2.75, 3.05) is 18.2 Å². The van der Waals surface area contributed by atoms with Crippen LogP contribution in [-0.4, -0.2) is 18.2 Å². The summed E-state index contributed by atoms with van der Waals surface area (Å²) in [6.45, 7) is 0.824. The second-order valence-corrected chi connectivity index (χ2v) is 4.89. The minimum atomic E-state index is 0.824. The lowest BCUT2D eigenvalue weighted by Gasteiger charge is -2.09. The fraction of sp³-hybridized carbons (Fsp3) is 0.500. The fourth-order valence-electron chi connectivity index (χ4n) is 1.29. The van der Waals surface area contributed by atoms with Crippen molar-refractivity contribution in [3.8, 4) is 5.75 Å². The number of halogens is 1. The third-order valence-corrected chi connectivity index (χ3v) is 3.44. The summed E-state index contributed by atoms with van der Waals surface area (Å²) >= 11 is 5.16. The zero-order valence-electron chi connectivity index (χ0n) is 9.04. The van der Waals surface area contributed by atoms with E-state index in [4.69, 9.17) is 4.74 Å². The van der Waals surface area contributed by atoms with Crippen LogP contribution in [0.3, 0.4) is 0 Å². The van der Waals surface area contributed by atoms with Crippen LogP contribution in [-0.2, 0) is 0 Å². The second kappa shape index (κ2) is 8.05. The van der Waals surface area contributed by atoms with Crippen LogP contribution in [0.15, 0.2) is 29.2 Å². The average molecular weight is 289 g/mol. The molecular formula is C12H17BrOS. The minimum absolute atomic E-state index is 0.824. The predicted octanol–water partition coefficient (Wildman–Crippen LogP) is 4.35. The van der Waals surface area contributed by atoms with Gasteiger partial charge in [0.15, 0.2) is 0 Å². The van der Waals surface area contributed by atoms with E-state index in [-0.39, 0.29) is 0 Å². The van der Waals surface area contributed by atoms with Gasteiger partial charge in [0.1, 0.15) is 5.75 Å². The molecule has 0 aliphatic carbocycles. The zero-order chi connectivity index (χ0) is 10.9. The molecule has 0 aliphatic rings. The highest BCUT2D eigenvalue weighted by Crippen LogP contribution is 2.26. The summed E-state index contributed by atoms with van der Waals surface area (Å²) in [5.74, 6) is 1.02. The Balaban J connectivity index is 2.30. The quantitative estimate of drug-likeness (QED) is 0.419. The van der Waals surface area contributed by atoms with Crippen molar-refractivity contribution in [3.05, 3.63) is 24.3 Å². The highest BCUT2D eigenvalue weighted by Gasteiger charge is 2.00. The number of ether oxygens (including phenoxy) is 1. The normalized spacial score (nSPS) is 10.3. The first kappa shape index (κ1) is 12.9. The first-order valence-electron chi connectivity index (χ1n) is 5.20. The molecule has 3 heteroatoms. The van der Waals surface area contributed by atoms with Crippen LogP contribution in [0.5, 0.6) is 5.75 Å². The largest absolute Gasteiger partial charge is 0.492 e. The van der Waals surface area contributed by atoms with E-state index in [2.05, 4.69) is 28.3 Å². The van der Waals surface area contributed by atoms with Gasteiger partial charge in [-0.15, -0.1) is 11.8 Å². The topological polar surface area (TPSA) is 9.23 Å². The maximum atomic E-state index is 5.74. The van der Waals surface area contributed by atoms with Gasteiger partial charge in [0.05, 0.1) is 6.61 Å². The van der Waals surface area contributed by atoms with E-state index in [0.29, 0.717) is 0 Å². The number of alkyl halides is 1. The summed E-state index contributed by atoms with van der Waals surface area (Å²) in [6.07, 6.45) is 5.67. The van der Waals surface area contributed by atoms with Gasteiger partial charge in [-0.3, -0.25) is 0 Å². The van der Waals surface area contributed by atoms with E-state index < -0.39 is 0 Å². The lowest BCUT2D eigenvalue weighted by molar-refractivity contribution is 0.300. The van der Waals surface area contributed by atoms with Gasteiger partial charge in [0.2, 0.25) is 0 Å². The average Bonchev–Trinajstić information content (AvgIpc) is 2.29. The molecule has 15 heavy (non-hydrogen) atoms. The molecule has 0 atom stereocenters. The molecular weight excluding hydrogens is 272 g/mol. The van der Waals surface area contributed by atoms with Gasteiger partial charge in [0.25, 0.3) is 0 Å². The van der Waals surface area contributed by atoms with E-state index in [9.17, 15) is 0 Å². The molecule has 0 amide bonds. The van der Waals surface area contributed by atoms with Crippen molar-refractivity contribution in [2.24, 2.45) is 0 Å². The van der Waals surface area contributed by atoms with Gasteiger partial charge in [-0.25, -0.2) is 0 Å². The molecule has 84 valence electrons. The van der Waals surface area contributed by atoms with E-state index in [0.717, 1.165) is 24.1 Å². The summed E-state index contributed by atoms with van der Waals surface area (Å²) in [5.41, 5.74) is 0. The lowest BCUT2D eigenvalue weighted by atomic mass is 10.3. The molecule has 1 rings (SSSR count). The molecule has 0 heterocycles. The van der Waals surface area contributed by atoms with Crippen molar-refractivity contribution in [1.29, 1.82) is 0 Å². The number of rotatable bonds is 7. The molecule has 0 bridgehead atoms. The van der Waals surface area contributed by atoms with Crippen LogP contribution < -0.4 is 4.74 Å². The maximum Gasteiger partial charge on any atom is 0.132 e. The standard InChI is InChI=1S/C12H17BrOS/c1-15-12-8-4-3-7-11(12)14-10-6-2-5-9-13/h3-4,7-8H,2,5-6,9-10H2,1H3. The Morgan fingerprint density at radius 1 is 1.20 bits per heavy atom. The molecule has 1 aromatic carbocycles. The molecule has 0 unspecified atom stereocenters. The van der Waals surface area contributed by atoms with Gasteiger partial charge in [-0.2, -0.15) is 0 Å². The Kier molecular flexibility index (Phi) is 6.94. The van der Waals surface area contributed by atoms with Crippen molar-refractivity contribution in [1.82, 2.24) is 0 Å². The second-order valence-electron chi connectivity index (χ2n) is 3.25. The van der Waals surface area contributed by atoms with Crippen LogP contribution in [0.2, 0.25) is 0 Å². The molecule has 0 spiro atoms. The third-order valence-electron chi connectivity index (χ3n) is 2.10. The fourth-order valence-corrected chi connectivity index (χ4v) is 2.23. The number of thioether (sulfide) groups is 1. The first-order valence-corrected chi connectivity index (χ1v) is 7.55. The van der Waals surface area contributed by atoms with Crippen LogP contribution in [0.1, 0.15) is 19.3 Å². The van der Waals surface area contributed by atoms with Crippen LogP contribution in [0.25, 0.3) is 0 Å². The molecule has 0 saturated carbocycles. The Morgan fingerprint density at radius 3 is 2.73 bits per heavy atom. The molecule has 0 radical (unpaired) electrons. The van der Waals surface area contributed by atoms with Crippen molar-refractivity contribution in [2.45, 2.75) is 24.2 Å². The van der Waals surface area contributed by atoms with Crippen molar-refractivity contribution < 1.29 is 4.74 Å². The van der Waals surface area contributed by atoms with Crippen LogP contribution >= 0.6 is 27.7 Å². The smallest absolute Gasteiger partial charge is 0.132 e. The van der Waals surface area contributed by atoms with Crippen LogP contribution in [0.4, 0.5) is 0 Å². The van der Waals surface area contributed by atoms with Gasteiger partial charge in [-0.1, -0.05) is 28.1 Å². The Hall–Kier alpha value is -0.150. The zero-order valence-corrected chi connectivity index (χ0v) is 11.4. The summed E-state index contributed by atoms with van der Waals surface area (Å²) in [6, 6.07) is 8.20. The minimum Gasteiger partial charge on any atom is -0.492 e. The monoisotopic (exact) mass is 288 g/mol. The molecule has 0 aromatic heterocycles. The summed E-state index contributed by atoms with van der Waals surface area (Å²) in [5, 5.41) is 1.09. The Bertz CT molecular complexity index is 278. The lowest BCUT2D eigenvalue weighted by Crippen LogP contribution is -1.98. The van der Waals surface area contributed by atoms with E-state index in [1.54, 1.807) is 11.8 Å². The Morgan fingerprint density at radius 2 is 2.00 bits per heavy atom. The first-order chi connectivity index (χ1) is 7.38. The van der Waals surface area contributed by atoms with E-state index in [1.807, 2.05) is 18.2 Å². The SMILES string of the molecule is CSc1ccccc1OCCCCCBr. The van der Waals surface area contributed by atoms with Crippen molar-refractivity contribution >= 4 is 27.7 Å². The van der Waals surface area contributed by atoms with Crippen molar-refractivity contribution in [3.63, 3.8) is 0 Å². The van der Waals surface area contributed by atoms with E-state index >= 15 is 0 Å². The molecule has 0 fully saturated rings. The third kappa shape index (κ3) is 4.94. The van der Waals surface area contributed by atoms with E-state index in [1.165, 1.54) is 17.7 Å². The molecule has 0 saturated heterocycles. The number of benzene rings is 1. The highest BCUT2D eigenvalue weighted by atomic mass is 79.9. The Labute approximate surface area is 105 Å². The molecule has 0 aliphatic heterocycles. The van der Waals surface area contributed by atoms with Gasteiger partial charge >= 0.3 is 0 Å². The summed E-state index contributed by atoms with van der Waals surface area (Å²) in [4.78, 5) is 1.22. The molecule has 0 N–H and O–H groups in total. The summed E-state index contributed by atoms with van der Waals surface area (Å²) in [7, 11) is 0. The molecule has 1 aromatic rings. The van der Waals surface area contributed by atoms with Gasteiger partial charge in [-0.05, 0) is 37.7 Å². The number of unbranched alkanes of at least 4 members (excludes halogenated alkanes) is 2. The highest BCUT2D eigenvalue weighted by molar-refractivity contribution is 9.09. The predicted molar refractivity (Wildman–Crippen MR) is 71.4 cm³/mol. The van der Waals surface area contributed by atoms with Gasteiger partial charge in [0, 0.05) is 10.2 Å². The summed E-state index contributed by atoms with van der Waals surface area (Å²) < 4.78 is 5.74. The number of hydrogen-bond acceptors (Lipinski definition) is 2. The number of para-hydroxylation sites is 1.